The number of carbonyl (C=O) groups excluding carboxylic acids is 2. The molecule has 7 nitrogen and oxygen atoms in total. The third-order valence-corrected chi connectivity index (χ3v) is 5.37. The molecule has 0 radical (unpaired) electrons. The highest BCUT2D eigenvalue weighted by molar-refractivity contribution is 5.97. The molecule has 2 bridgehead atoms. The molecule has 3 unspecified atom stereocenters. The lowest BCUT2D eigenvalue weighted by Gasteiger charge is -2.31. The Labute approximate surface area is 146 Å². The van der Waals surface area contributed by atoms with E-state index in [1.165, 1.54) is 31.9 Å². The third kappa shape index (κ3) is 3.61. The molecule has 2 saturated heterocycles. The number of nitrogens with zero attached hydrogens (tertiary/aromatic N) is 1. The van der Waals surface area contributed by atoms with Crippen molar-refractivity contribution >= 4 is 17.5 Å². The van der Waals surface area contributed by atoms with Gasteiger partial charge in [-0.3, -0.25) is 9.59 Å². The van der Waals surface area contributed by atoms with Gasteiger partial charge in [-0.15, -0.1) is 0 Å². The van der Waals surface area contributed by atoms with Crippen LogP contribution >= 0.6 is 0 Å². The first kappa shape index (κ1) is 16.3. The lowest BCUT2D eigenvalue weighted by atomic mass is 9.87. The normalized spacial score (nSPS) is 28.5. The van der Waals surface area contributed by atoms with Crippen LogP contribution in [-0.2, 0) is 4.79 Å². The molecule has 134 valence electrons. The summed E-state index contributed by atoms with van der Waals surface area (Å²) in [6.07, 6.45) is 7.46. The van der Waals surface area contributed by atoms with Crippen molar-refractivity contribution in [2.45, 2.75) is 57.2 Å². The summed E-state index contributed by atoms with van der Waals surface area (Å²) >= 11 is 0. The molecule has 3 N–H and O–H groups in total. The number of nitrogens with one attached hydrogen (secondary N) is 3. The fourth-order valence-electron chi connectivity index (χ4n) is 4.33. The van der Waals surface area contributed by atoms with Crippen molar-refractivity contribution < 1.29 is 14.3 Å². The highest BCUT2D eigenvalue weighted by Crippen LogP contribution is 2.33. The molecule has 0 saturated carbocycles. The molecule has 3 aliphatic heterocycles. The number of pyridine rings is 1. The van der Waals surface area contributed by atoms with Gasteiger partial charge < -0.3 is 20.7 Å². The second-order valence-corrected chi connectivity index (χ2v) is 7.49. The summed E-state index contributed by atoms with van der Waals surface area (Å²) in [6.45, 7) is 2.02. The molecular weight excluding hydrogens is 320 g/mol. The van der Waals surface area contributed by atoms with E-state index < -0.39 is 0 Å². The van der Waals surface area contributed by atoms with Crippen LogP contribution in [0, 0.1) is 5.92 Å². The van der Waals surface area contributed by atoms with Crippen LogP contribution in [0.3, 0.4) is 0 Å². The number of anilines is 1. The minimum Gasteiger partial charge on any atom is -0.481 e. The van der Waals surface area contributed by atoms with Crippen LogP contribution in [0.4, 0.5) is 5.69 Å². The second kappa shape index (κ2) is 6.63. The maximum absolute atomic E-state index is 12.5. The summed E-state index contributed by atoms with van der Waals surface area (Å²) < 4.78 is 5.34. The average Bonchev–Trinajstić information content (AvgIpc) is 2.92. The molecule has 1 aromatic rings. The summed E-state index contributed by atoms with van der Waals surface area (Å²) in [4.78, 5) is 27.9. The molecule has 4 rings (SSSR count). The molecule has 2 fully saturated rings. The highest BCUT2D eigenvalue weighted by Gasteiger charge is 2.34. The van der Waals surface area contributed by atoms with Crippen molar-refractivity contribution in [3.05, 3.63) is 18.0 Å². The lowest BCUT2D eigenvalue weighted by molar-refractivity contribution is -0.118. The standard InChI is InChI=1S/C18H24N4O3/c1-10(4-11-5-12-2-3-13(6-11)21-12)20-18(24)14-7-16-15(8-19-14)22-17(23)9-25-16/h7-8,10-13,21H,2-6,9H2,1H3,(H,20,24)(H,22,23). The van der Waals surface area contributed by atoms with Gasteiger partial charge in [-0.1, -0.05) is 0 Å². The topological polar surface area (TPSA) is 92.4 Å². The number of ether oxygens (including phenoxy) is 1. The van der Waals surface area contributed by atoms with E-state index in [9.17, 15) is 9.59 Å². The number of aromatic nitrogens is 1. The molecule has 3 aliphatic rings. The van der Waals surface area contributed by atoms with E-state index in [1.807, 2.05) is 0 Å². The predicted molar refractivity (Wildman–Crippen MR) is 92.6 cm³/mol. The molecule has 2 amide bonds. The maximum Gasteiger partial charge on any atom is 0.270 e. The molecule has 7 heteroatoms. The van der Waals surface area contributed by atoms with Gasteiger partial charge in [0.2, 0.25) is 0 Å². The van der Waals surface area contributed by atoms with Crippen molar-refractivity contribution in [1.82, 2.24) is 15.6 Å². The molecule has 1 aromatic heterocycles. The molecule has 0 spiro atoms. The predicted octanol–water partition coefficient (Wildman–Crippen LogP) is 1.45. The van der Waals surface area contributed by atoms with Crippen LogP contribution in [0.2, 0.25) is 0 Å². The highest BCUT2D eigenvalue weighted by atomic mass is 16.5. The molecule has 0 aromatic carbocycles. The summed E-state index contributed by atoms with van der Waals surface area (Å²) in [6, 6.07) is 3.03. The Morgan fingerprint density at radius 2 is 2.16 bits per heavy atom. The van der Waals surface area contributed by atoms with Crippen LogP contribution in [0.5, 0.6) is 5.75 Å². The molecule has 0 aliphatic carbocycles. The number of piperidine rings is 1. The van der Waals surface area contributed by atoms with E-state index in [1.54, 1.807) is 6.07 Å². The van der Waals surface area contributed by atoms with Gasteiger partial charge in [0.05, 0.1) is 6.20 Å². The van der Waals surface area contributed by atoms with Gasteiger partial charge in [0.1, 0.15) is 17.1 Å². The maximum atomic E-state index is 12.5. The Hall–Kier alpha value is -2.15. The zero-order valence-electron chi connectivity index (χ0n) is 14.4. The van der Waals surface area contributed by atoms with Gasteiger partial charge in [-0.25, -0.2) is 4.98 Å². The second-order valence-electron chi connectivity index (χ2n) is 7.49. The van der Waals surface area contributed by atoms with Gasteiger partial charge in [0.15, 0.2) is 6.61 Å². The fraction of sp³-hybridized carbons (Fsp3) is 0.611. The molecular formula is C18H24N4O3. The SMILES string of the molecule is CC(CC1CC2CCC(C1)N2)NC(=O)c1cc2c(cn1)NC(=O)CO2. The quantitative estimate of drug-likeness (QED) is 0.769. The Kier molecular flexibility index (Phi) is 4.33. The molecule has 25 heavy (non-hydrogen) atoms. The number of amides is 2. The summed E-state index contributed by atoms with van der Waals surface area (Å²) in [5.41, 5.74) is 0.818. The number of hydrogen-bond acceptors (Lipinski definition) is 5. The lowest BCUT2D eigenvalue weighted by Crippen LogP contribution is -2.41. The Balaban J connectivity index is 1.34. The van der Waals surface area contributed by atoms with Gasteiger partial charge in [0, 0.05) is 24.2 Å². The first-order valence-corrected chi connectivity index (χ1v) is 9.06. The van der Waals surface area contributed by atoms with Crippen LogP contribution in [0.15, 0.2) is 12.3 Å². The number of rotatable bonds is 4. The van der Waals surface area contributed by atoms with Crippen LogP contribution in [0.1, 0.15) is 49.5 Å². The zero-order chi connectivity index (χ0) is 17.4. The van der Waals surface area contributed by atoms with Gasteiger partial charge in [0.25, 0.3) is 11.8 Å². The number of carbonyl (C=O) groups is 2. The fourth-order valence-corrected chi connectivity index (χ4v) is 4.33. The van der Waals surface area contributed by atoms with Crippen LogP contribution < -0.4 is 20.7 Å². The average molecular weight is 344 g/mol. The monoisotopic (exact) mass is 344 g/mol. The van der Waals surface area contributed by atoms with Crippen LogP contribution in [0.25, 0.3) is 0 Å². The molecule has 3 atom stereocenters. The van der Waals surface area contributed by atoms with E-state index in [2.05, 4.69) is 27.9 Å². The Bertz CT molecular complexity index is 681. The third-order valence-electron chi connectivity index (χ3n) is 5.37. The van der Waals surface area contributed by atoms with E-state index in [0.717, 1.165) is 6.42 Å². The molecule has 4 heterocycles. The van der Waals surface area contributed by atoms with Crippen molar-refractivity contribution in [3.63, 3.8) is 0 Å². The van der Waals surface area contributed by atoms with Gasteiger partial charge in [-0.05, 0) is 44.9 Å². The van der Waals surface area contributed by atoms with E-state index in [-0.39, 0.29) is 24.5 Å². The first-order valence-electron chi connectivity index (χ1n) is 9.06. The van der Waals surface area contributed by atoms with Crippen molar-refractivity contribution in [2.24, 2.45) is 5.92 Å². The van der Waals surface area contributed by atoms with Crippen molar-refractivity contribution in [1.29, 1.82) is 0 Å². The largest absolute Gasteiger partial charge is 0.481 e. The van der Waals surface area contributed by atoms with E-state index in [0.29, 0.717) is 35.1 Å². The summed E-state index contributed by atoms with van der Waals surface area (Å²) in [7, 11) is 0. The van der Waals surface area contributed by atoms with E-state index >= 15 is 0 Å². The van der Waals surface area contributed by atoms with Crippen LogP contribution in [-0.4, -0.2) is 41.5 Å². The Morgan fingerprint density at radius 1 is 1.40 bits per heavy atom. The van der Waals surface area contributed by atoms with Gasteiger partial charge >= 0.3 is 0 Å². The Morgan fingerprint density at radius 3 is 2.92 bits per heavy atom. The first-order chi connectivity index (χ1) is 12.1. The number of hydrogen-bond donors (Lipinski definition) is 3. The van der Waals surface area contributed by atoms with E-state index in [4.69, 9.17) is 4.74 Å². The summed E-state index contributed by atoms with van der Waals surface area (Å²) in [5.74, 6) is 0.746. The minimum absolute atomic E-state index is 0.0352. The smallest absolute Gasteiger partial charge is 0.270 e. The van der Waals surface area contributed by atoms with Crippen molar-refractivity contribution in [3.8, 4) is 5.75 Å². The van der Waals surface area contributed by atoms with Gasteiger partial charge in [-0.2, -0.15) is 0 Å². The minimum atomic E-state index is -0.212. The zero-order valence-corrected chi connectivity index (χ0v) is 14.4. The van der Waals surface area contributed by atoms with Crippen molar-refractivity contribution in [2.75, 3.05) is 11.9 Å². The number of fused-ring (bicyclic) bond motifs is 3. The summed E-state index contributed by atoms with van der Waals surface area (Å²) in [5, 5.41) is 9.37.